The van der Waals surface area contributed by atoms with E-state index in [-0.39, 0.29) is 11.2 Å². The van der Waals surface area contributed by atoms with Crippen LogP contribution < -0.4 is 14.2 Å². The number of para-hydroxylation sites is 1. The molecule has 39 heavy (non-hydrogen) atoms. The number of carbonyl (C=O) groups is 2. The molecule has 3 aromatic rings. The Bertz CT molecular complexity index is 1160. The molecule has 1 atom stereocenters. The molecule has 3 rings (SSSR count). The minimum absolute atomic E-state index is 0.241. The van der Waals surface area contributed by atoms with Crippen LogP contribution in [0.25, 0.3) is 11.1 Å². The van der Waals surface area contributed by atoms with Crippen molar-refractivity contribution in [2.45, 2.75) is 65.2 Å². The molecule has 0 spiro atoms. The van der Waals surface area contributed by atoms with Gasteiger partial charge in [0.05, 0.1) is 18.8 Å². The highest BCUT2D eigenvalue weighted by molar-refractivity contribution is 6.63. The quantitative estimate of drug-likeness (QED) is 0.0726. The first-order valence-electron chi connectivity index (χ1n) is 13.9. The van der Waals surface area contributed by atoms with E-state index in [9.17, 15) is 9.59 Å². The summed E-state index contributed by atoms with van der Waals surface area (Å²) in [4.78, 5) is 24.4. The van der Waals surface area contributed by atoms with Crippen LogP contribution >= 0.6 is 11.6 Å². The second kappa shape index (κ2) is 16.6. The molecule has 0 N–H and O–H groups in total. The fraction of sp³-hybridized carbons (Fsp3) is 0.394. The number of esters is 1. The predicted molar refractivity (Wildman–Crippen MR) is 157 cm³/mol. The Hall–Kier alpha value is -3.31. The molecule has 0 fully saturated rings. The van der Waals surface area contributed by atoms with Gasteiger partial charge in [0.25, 0.3) is 0 Å². The predicted octanol–water partition coefficient (Wildman–Crippen LogP) is 8.87. The summed E-state index contributed by atoms with van der Waals surface area (Å²) in [5.41, 5.74) is 2.19. The molecular weight excluding hydrogens is 512 g/mol. The van der Waals surface area contributed by atoms with Crippen LogP contribution in [0.2, 0.25) is 0 Å². The van der Waals surface area contributed by atoms with Crippen LogP contribution in [0.15, 0.2) is 72.8 Å². The number of carbonyl (C=O) groups excluding carboxylic acids is 2. The van der Waals surface area contributed by atoms with E-state index in [1.165, 1.54) is 32.1 Å². The number of benzene rings is 3. The third kappa shape index (κ3) is 10.1. The highest BCUT2D eigenvalue weighted by Gasteiger charge is 2.18. The molecule has 0 heterocycles. The third-order valence-electron chi connectivity index (χ3n) is 6.54. The Morgan fingerprint density at radius 1 is 0.769 bits per heavy atom. The first-order valence-corrected chi connectivity index (χ1v) is 14.3. The average molecular weight is 551 g/mol. The number of halogens is 1. The van der Waals surface area contributed by atoms with E-state index in [1.807, 2.05) is 42.5 Å². The van der Waals surface area contributed by atoms with E-state index in [4.69, 9.17) is 25.8 Å². The highest BCUT2D eigenvalue weighted by Crippen LogP contribution is 2.39. The largest absolute Gasteiger partial charge is 0.494 e. The average Bonchev–Trinajstić information content (AvgIpc) is 2.96. The van der Waals surface area contributed by atoms with Crippen molar-refractivity contribution in [3.05, 3.63) is 78.4 Å². The van der Waals surface area contributed by atoms with E-state index in [2.05, 4.69) is 6.92 Å². The van der Waals surface area contributed by atoms with Crippen molar-refractivity contribution in [1.82, 2.24) is 0 Å². The maximum absolute atomic E-state index is 13.0. The lowest BCUT2D eigenvalue weighted by atomic mass is 10.0. The van der Waals surface area contributed by atoms with Gasteiger partial charge in [-0.1, -0.05) is 88.4 Å². The summed E-state index contributed by atoms with van der Waals surface area (Å²) in [6, 6.07) is 22.3. The van der Waals surface area contributed by atoms with Crippen LogP contribution in [-0.2, 0) is 4.79 Å². The van der Waals surface area contributed by atoms with Crippen LogP contribution in [0.1, 0.15) is 75.6 Å². The molecule has 0 saturated heterocycles. The summed E-state index contributed by atoms with van der Waals surface area (Å²) in [6.45, 7) is 5.04. The molecule has 0 aliphatic heterocycles. The van der Waals surface area contributed by atoms with Gasteiger partial charge in [0.2, 0.25) is 5.24 Å². The number of hydrogen-bond acceptors (Lipinski definition) is 5. The van der Waals surface area contributed by atoms with Gasteiger partial charge in [0, 0.05) is 11.5 Å². The van der Waals surface area contributed by atoms with Gasteiger partial charge in [-0.15, -0.1) is 0 Å². The first-order chi connectivity index (χ1) is 19.0. The molecule has 208 valence electrons. The van der Waals surface area contributed by atoms with E-state index in [1.54, 1.807) is 37.3 Å². The van der Waals surface area contributed by atoms with Gasteiger partial charge in [-0.05, 0) is 66.8 Å². The number of hydrogen-bond donors (Lipinski definition) is 0. The molecule has 0 amide bonds. The molecule has 3 aromatic carbocycles. The lowest BCUT2D eigenvalue weighted by Gasteiger charge is -2.16. The number of ether oxygens (including phenoxy) is 3. The molecule has 1 unspecified atom stereocenters. The Kier molecular flexibility index (Phi) is 12.9. The Labute approximate surface area is 237 Å². The van der Waals surface area contributed by atoms with Crippen molar-refractivity contribution in [2.24, 2.45) is 5.92 Å². The van der Waals surface area contributed by atoms with Crippen molar-refractivity contribution in [3.63, 3.8) is 0 Å². The minimum Gasteiger partial charge on any atom is -0.494 e. The summed E-state index contributed by atoms with van der Waals surface area (Å²) < 4.78 is 17.8. The van der Waals surface area contributed by atoms with Crippen molar-refractivity contribution >= 4 is 22.8 Å². The molecule has 0 bridgehead atoms. The normalized spacial score (nSPS) is 11.6. The Balaban J connectivity index is 1.64. The van der Waals surface area contributed by atoms with Gasteiger partial charge in [0.1, 0.15) is 5.75 Å². The Morgan fingerprint density at radius 3 is 2.18 bits per heavy atom. The second-order valence-electron chi connectivity index (χ2n) is 9.72. The van der Waals surface area contributed by atoms with Crippen molar-refractivity contribution in [1.29, 1.82) is 0 Å². The summed E-state index contributed by atoms with van der Waals surface area (Å²) in [7, 11) is 0. The third-order valence-corrected chi connectivity index (χ3v) is 6.91. The maximum atomic E-state index is 13.0. The highest BCUT2D eigenvalue weighted by atomic mass is 35.5. The standard InChI is InChI=1S/C33H39ClO5/c1-3-4-5-6-7-11-23-37-28-21-19-27(20-22-28)33(36)39-30-18-12-17-29(26-15-9-8-10-16-26)31(30)38-24-13-14-25(2)32(34)35/h8-10,12,15-22,25H,3-7,11,13-14,23-24H2,1-2H3. The Morgan fingerprint density at radius 2 is 1.46 bits per heavy atom. The van der Waals surface area contributed by atoms with Gasteiger partial charge in [-0.3, -0.25) is 4.79 Å². The molecule has 0 radical (unpaired) electrons. The topological polar surface area (TPSA) is 61.8 Å². The van der Waals surface area contributed by atoms with Gasteiger partial charge in [-0.2, -0.15) is 0 Å². The lowest BCUT2D eigenvalue weighted by molar-refractivity contribution is -0.114. The fourth-order valence-electron chi connectivity index (χ4n) is 4.19. The zero-order valence-corrected chi connectivity index (χ0v) is 23.8. The van der Waals surface area contributed by atoms with Crippen molar-refractivity contribution < 1.29 is 23.8 Å². The molecule has 0 aromatic heterocycles. The molecule has 5 nitrogen and oxygen atoms in total. The minimum atomic E-state index is -0.478. The first kappa shape index (κ1) is 30.2. The SMILES string of the molecule is CCCCCCCCOc1ccc(C(=O)Oc2cccc(-c3ccccc3)c2OCCCC(C)C(=O)Cl)cc1. The van der Waals surface area contributed by atoms with Crippen LogP contribution in [0.4, 0.5) is 0 Å². The van der Waals surface area contributed by atoms with Crippen LogP contribution in [0.3, 0.4) is 0 Å². The van der Waals surface area contributed by atoms with E-state index in [0.29, 0.717) is 43.1 Å². The van der Waals surface area contributed by atoms with Gasteiger partial charge < -0.3 is 14.2 Å². The smallest absolute Gasteiger partial charge is 0.343 e. The molecule has 6 heteroatoms. The number of rotatable bonds is 17. The zero-order valence-electron chi connectivity index (χ0n) is 23.0. The summed E-state index contributed by atoms with van der Waals surface area (Å²) in [5.74, 6) is 0.843. The second-order valence-corrected chi connectivity index (χ2v) is 10.1. The summed E-state index contributed by atoms with van der Waals surface area (Å²) >= 11 is 5.59. The van der Waals surface area contributed by atoms with Crippen LogP contribution in [0.5, 0.6) is 17.2 Å². The summed E-state index contributed by atoms with van der Waals surface area (Å²) in [6.07, 6.45) is 8.49. The molecule has 0 saturated carbocycles. The fourth-order valence-corrected chi connectivity index (χ4v) is 4.29. The van der Waals surface area contributed by atoms with Gasteiger partial charge in [-0.25, -0.2) is 4.79 Å². The van der Waals surface area contributed by atoms with Crippen molar-refractivity contribution in [3.8, 4) is 28.4 Å². The van der Waals surface area contributed by atoms with Gasteiger partial charge >= 0.3 is 5.97 Å². The zero-order chi connectivity index (χ0) is 27.9. The number of unbranched alkanes of at least 4 members (excludes halogenated alkanes) is 5. The monoisotopic (exact) mass is 550 g/mol. The van der Waals surface area contributed by atoms with Gasteiger partial charge in [0.15, 0.2) is 11.5 Å². The van der Waals surface area contributed by atoms with E-state index in [0.717, 1.165) is 23.3 Å². The van der Waals surface area contributed by atoms with Crippen LogP contribution in [0, 0.1) is 5.92 Å². The molecular formula is C33H39ClO5. The van der Waals surface area contributed by atoms with Crippen molar-refractivity contribution in [2.75, 3.05) is 13.2 Å². The van der Waals surface area contributed by atoms with E-state index >= 15 is 0 Å². The summed E-state index contributed by atoms with van der Waals surface area (Å²) in [5, 5.41) is -0.354. The van der Waals surface area contributed by atoms with Crippen LogP contribution in [-0.4, -0.2) is 24.4 Å². The molecule has 0 aliphatic carbocycles. The van der Waals surface area contributed by atoms with E-state index < -0.39 is 5.97 Å². The molecule has 0 aliphatic rings. The lowest BCUT2D eigenvalue weighted by Crippen LogP contribution is -2.11. The maximum Gasteiger partial charge on any atom is 0.343 e.